The number of aromatic hydroxyl groups is 1. The van der Waals surface area contributed by atoms with E-state index in [9.17, 15) is 23.1 Å². The number of phenols is 1. The Morgan fingerprint density at radius 3 is 2.75 bits per heavy atom. The third kappa shape index (κ3) is 3.81. The molecule has 0 saturated carbocycles. The highest BCUT2D eigenvalue weighted by atomic mass is 19.4. The lowest BCUT2D eigenvalue weighted by Crippen LogP contribution is -2.55. The van der Waals surface area contributed by atoms with E-state index in [-0.39, 0.29) is 29.8 Å². The van der Waals surface area contributed by atoms with Crippen LogP contribution < -0.4 is 4.74 Å². The van der Waals surface area contributed by atoms with Crippen molar-refractivity contribution >= 4 is 5.91 Å². The molecule has 2 aliphatic heterocycles. The summed E-state index contributed by atoms with van der Waals surface area (Å²) < 4.78 is 47.1. The van der Waals surface area contributed by atoms with Gasteiger partial charge in [0.15, 0.2) is 0 Å². The van der Waals surface area contributed by atoms with Crippen LogP contribution in [0.2, 0.25) is 0 Å². The molecule has 1 aromatic carbocycles. The van der Waals surface area contributed by atoms with Crippen LogP contribution in [-0.4, -0.2) is 58.1 Å². The van der Waals surface area contributed by atoms with E-state index in [1.807, 2.05) is 0 Å². The monoisotopic (exact) mass is 447 g/mol. The normalized spacial score (nSPS) is 18.9. The smallest absolute Gasteiger partial charge is 0.417 e. The Balaban J connectivity index is 1.76. The van der Waals surface area contributed by atoms with Crippen molar-refractivity contribution in [1.29, 1.82) is 0 Å². The first-order valence-electron chi connectivity index (χ1n) is 10.3. The largest absolute Gasteiger partial charge is 0.507 e. The molecule has 2 aliphatic rings. The summed E-state index contributed by atoms with van der Waals surface area (Å²) >= 11 is 0. The molecular formula is C23H24F3N3O3. The number of fused-ring (bicyclic) bond motifs is 2. The number of aromatic nitrogens is 1. The average Bonchev–Trinajstić information content (AvgIpc) is 2.95. The topological polar surface area (TPSA) is 65.9 Å². The number of nitrogens with zero attached hydrogens (tertiary/aromatic N) is 3. The minimum absolute atomic E-state index is 0.0509. The van der Waals surface area contributed by atoms with E-state index in [1.165, 1.54) is 12.1 Å². The molecule has 1 saturated heterocycles. The molecule has 3 heterocycles. The second kappa shape index (κ2) is 8.12. The van der Waals surface area contributed by atoms with Gasteiger partial charge in [0.25, 0.3) is 0 Å². The predicted molar refractivity (Wildman–Crippen MR) is 112 cm³/mol. The summed E-state index contributed by atoms with van der Waals surface area (Å²) in [6, 6.07) is 3.26. The third-order valence-corrected chi connectivity index (χ3v) is 6.14. The molecule has 4 rings (SSSR count). The van der Waals surface area contributed by atoms with Crippen molar-refractivity contribution in [1.82, 2.24) is 14.8 Å². The number of phenolic OH excluding ortho intramolecular Hbond substituents is 1. The number of ether oxygens (including phenoxy) is 1. The highest BCUT2D eigenvalue weighted by molar-refractivity contribution is 5.87. The van der Waals surface area contributed by atoms with E-state index in [1.54, 1.807) is 18.7 Å². The molecule has 0 radical (unpaired) electrons. The van der Waals surface area contributed by atoms with Crippen LogP contribution in [0.3, 0.4) is 0 Å². The van der Waals surface area contributed by atoms with Crippen molar-refractivity contribution in [3.63, 3.8) is 0 Å². The molecular weight excluding hydrogens is 423 g/mol. The first-order chi connectivity index (χ1) is 15.1. The van der Waals surface area contributed by atoms with Crippen molar-refractivity contribution in [2.75, 3.05) is 26.2 Å². The van der Waals surface area contributed by atoms with E-state index in [4.69, 9.17) is 4.74 Å². The Morgan fingerprint density at radius 1 is 1.31 bits per heavy atom. The highest BCUT2D eigenvalue weighted by Crippen LogP contribution is 2.45. The van der Waals surface area contributed by atoms with Crippen molar-refractivity contribution in [2.24, 2.45) is 0 Å². The first kappa shape index (κ1) is 22.1. The van der Waals surface area contributed by atoms with Crippen LogP contribution in [0.5, 0.6) is 11.5 Å². The van der Waals surface area contributed by atoms with Crippen LogP contribution in [0.15, 0.2) is 30.9 Å². The Hall–Kier alpha value is -3.07. The Kier molecular flexibility index (Phi) is 5.62. The van der Waals surface area contributed by atoms with Crippen molar-refractivity contribution in [3.8, 4) is 22.8 Å². The predicted octanol–water partition coefficient (Wildman–Crippen LogP) is 3.68. The number of hydrogen-bond acceptors (Lipinski definition) is 5. The number of aryl methyl sites for hydroxylation is 1. The van der Waals surface area contributed by atoms with Crippen molar-refractivity contribution in [2.45, 2.75) is 32.6 Å². The van der Waals surface area contributed by atoms with Crippen LogP contribution in [0, 0.1) is 13.8 Å². The van der Waals surface area contributed by atoms with Gasteiger partial charge in [-0.15, -0.1) is 0 Å². The second-order valence-corrected chi connectivity index (χ2v) is 8.10. The van der Waals surface area contributed by atoms with E-state index in [0.717, 1.165) is 17.7 Å². The van der Waals surface area contributed by atoms with Crippen LogP contribution in [0.1, 0.15) is 22.4 Å². The number of benzene rings is 1. The zero-order valence-electron chi connectivity index (χ0n) is 17.9. The molecule has 0 spiro atoms. The number of alkyl halides is 3. The number of amides is 1. The van der Waals surface area contributed by atoms with Gasteiger partial charge in [-0.05, 0) is 32.1 Å². The van der Waals surface area contributed by atoms with Gasteiger partial charge >= 0.3 is 6.18 Å². The zero-order chi connectivity index (χ0) is 23.2. The van der Waals surface area contributed by atoms with Gasteiger partial charge in [0.2, 0.25) is 5.91 Å². The van der Waals surface area contributed by atoms with Crippen LogP contribution in [0.4, 0.5) is 13.2 Å². The molecule has 6 nitrogen and oxygen atoms in total. The molecule has 1 amide bonds. The van der Waals surface area contributed by atoms with Crippen LogP contribution >= 0.6 is 0 Å². The number of hydrogen-bond donors (Lipinski definition) is 1. The van der Waals surface area contributed by atoms with Gasteiger partial charge < -0.3 is 14.7 Å². The van der Waals surface area contributed by atoms with Crippen LogP contribution in [-0.2, 0) is 17.5 Å². The Labute approximate surface area is 183 Å². The van der Waals surface area contributed by atoms with E-state index in [0.29, 0.717) is 43.2 Å². The lowest BCUT2D eigenvalue weighted by atomic mass is 9.96. The summed E-state index contributed by atoms with van der Waals surface area (Å²) in [6.45, 7) is 9.42. The summed E-state index contributed by atoms with van der Waals surface area (Å²) in [5.74, 6) is -0.138. The molecule has 0 aliphatic carbocycles. The van der Waals surface area contributed by atoms with Crippen molar-refractivity contribution in [3.05, 3.63) is 53.2 Å². The molecule has 2 aromatic rings. The van der Waals surface area contributed by atoms with Gasteiger partial charge in [-0.3, -0.25) is 14.7 Å². The summed E-state index contributed by atoms with van der Waals surface area (Å²) in [4.78, 5) is 20.4. The maximum Gasteiger partial charge on any atom is 0.417 e. The van der Waals surface area contributed by atoms with Crippen molar-refractivity contribution < 1.29 is 27.8 Å². The van der Waals surface area contributed by atoms with E-state index >= 15 is 0 Å². The van der Waals surface area contributed by atoms with Crippen LogP contribution in [0.25, 0.3) is 11.3 Å². The lowest BCUT2D eigenvalue weighted by Gasteiger charge is -2.39. The SMILES string of the molecule is C=CC(=O)N1CCN2Cc3c(C)nc(-c4c(O)cccc4C(F)(F)F)c(C)c3OC[C@H]2C1. The average molecular weight is 447 g/mol. The number of carbonyl (C=O) groups excluding carboxylic acids is 1. The summed E-state index contributed by atoms with van der Waals surface area (Å²) in [6.07, 6.45) is -3.36. The molecule has 170 valence electrons. The van der Waals surface area contributed by atoms with Gasteiger partial charge in [0.05, 0.1) is 22.9 Å². The highest BCUT2D eigenvalue weighted by Gasteiger charge is 2.38. The number of rotatable bonds is 2. The maximum absolute atomic E-state index is 13.7. The first-order valence-corrected chi connectivity index (χ1v) is 10.3. The number of halogens is 3. The quantitative estimate of drug-likeness (QED) is 0.712. The van der Waals surface area contributed by atoms with E-state index in [2.05, 4.69) is 16.5 Å². The molecule has 32 heavy (non-hydrogen) atoms. The lowest BCUT2D eigenvalue weighted by molar-refractivity contribution is -0.137. The maximum atomic E-state index is 13.7. The standard InChI is InChI=1S/C23H24F3N3O3/c1-4-19(31)29-9-8-28-11-16-14(3)27-21(13(2)22(16)32-12-15(28)10-29)20-17(23(24,25)26)6-5-7-18(20)30/h4-7,15,30H,1,8-12H2,2-3H3/t15-/m1/s1. The van der Waals surface area contributed by atoms with E-state index < -0.39 is 17.5 Å². The fourth-order valence-corrected chi connectivity index (χ4v) is 4.44. The number of pyridine rings is 1. The molecule has 1 fully saturated rings. The fraction of sp³-hybridized carbons (Fsp3) is 0.391. The Morgan fingerprint density at radius 2 is 2.06 bits per heavy atom. The minimum atomic E-state index is -4.65. The number of carbonyl (C=O) groups is 1. The molecule has 0 bridgehead atoms. The summed E-state index contributed by atoms with van der Waals surface area (Å²) in [5.41, 5.74) is 0.545. The summed E-state index contributed by atoms with van der Waals surface area (Å²) in [7, 11) is 0. The van der Waals surface area contributed by atoms with Gasteiger partial charge in [0.1, 0.15) is 18.1 Å². The molecule has 0 unspecified atom stereocenters. The van der Waals surface area contributed by atoms with Gasteiger partial charge in [-0.25, -0.2) is 0 Å². The number of piperazine rings is 1. The van der Waals surface area contributed by atoms with Gasteiger partial charge in [-0.1, -0.05) is 12.6 Å². The fourth-order valence-electron chi connectivity index (χ4n) is 4.44. The Bertz CT molecular complexity index is 1080. The van der Waals surface area contributed by atoms with Gasteiger partial charge in [0, 0.05) is 43.0 Å². The molecule has 1 aromatic heterocycles. The summed E-state index contributed by atoms with van der Waals surface area (Å²) in [5, 5.41) is 10.3. The zero-order valence-corrected chi connectivity index (χ0v) is 17.9. The van der Waals surface area contributed by atoms with Gasteiger partial charge in [-0.2, -0.15) is 13.2 Å². The molecule has 1 atom stereocenters. The minimum Gasteiger partial charge on any atom is -0.507 e. The molecule has 1 N–H and O–H groups in total. The molecule has 9 heteroatoms. The third-order valence-electron chi connectivity index (χ3n) is 6.14. The second-order valence-electron chi connectivity index (χ2n) is 8.10.